The van der Waals surface area contributed by atoms with E-state index in [1.165, 1.54) is 19.3 Å². The highest BCUT2D eigenvalue weighted by atomic mass is 19.4. The molecular formula is C10H16BF3N-. The van der Waals surface area contributed by atoms with Crippen molar-refractivity contribution in [3.8, 4) is 0 Å². The number of fused-ring (bicyclic) bond motifs is 1. The van der Waals surface area contributed by atoms with Gasteiger partial charge in [-0.05, 0) is 31.2 Å². The molecule has 2 fully saturated rings. The number of nitrogens with zero attached hydrogens (tertiary/aromatic N) is 1. The van der Waals surface area contributed by atoms with E-state index < -0.39 is 12.4 Å². The lowest BCUT2D eigenvalue weighted by atomic mass is 9.80. The average Bonchev–Trinajstić information content (AvgIpc) is 2.61. The van der Waals surface area contributed by atoms with E-state index in [2.05, 4.69) is 6.58 Å². The van der Waals surface area contributed by atoms with Crippen LogP contribution >= 0.6 is 0 Å². The van der Waals surface area contributed by atoms with E-state index in [1.54, 1.807) is 0 Å². The highest BCUT2D eigenvalue weighted by Gasteiger charge is 2.37. The second-order valence-corrected chi connectivity index (χ2v) is 4.88. The Kier molecular flexibility index (Phi) is 2.84. The summed E-state index contributed by atoms with van der Waals surface area (Å²) < 4.78 is 37.0. The summed E-state index contributed by atoms with van der Waals surface area (Å²) in [5, 5.41) is 0. The fourth-order valence-corrected chi connectivity index (χ4v) is 2.85. The third-order valence-electron chi connectivity index (χ3n) is 3.69. The van der Waals surface area contributed by atoms with Crippen molar-refractivity contribution >= 4 is 6.98 Å². The molecule has 2 atom stereocenters. The second kappa shape index (κ2) is 3.85. The summed E-state index contributed by atoms with van der Waals surface area (Å²) in [7, 11) is 0. The maximum Gasteiger partial charge on any atom is 0.506 e. The lowest BCUT2D eigenvalue weighted by molar-refractivity contribution is 0.333. The van der Waals surface area contributed by atoms with Gasteiger partial charge in [-0.1, -0.05) is 6.42 Å². The van der Waals surface area contributed by atoms with Gasteiger partial charge in [0.1, 0.15) is 0 Å². The van der Waals surface area contributed by atoms with Crippen molar-refractivity contribution in [1.29, 1.82) is 0 Å². The van der Waals surface area contributed by atoms with Crippen molar-refractivity contribution in [2.45, 2.75) is 19.3 Å². The lowest BCUT2D eigenvalue weighted by Gasteiger charge is -2.24. The van der Waals surface area contributed by atoms with Crippen molar-refractivity contribution in [1.82, 2.24) is 4.90 Å². The summed E-state index contributed by atoms with van der Waals surface area (Å²) in [6.07, 6.45) is 3.66. The molecule has 2 unspecified atom stereocenters. The summed E-state index contributed by atoms with van der Waals surface area (Å²) >= 11 is 0. The third-order valence-corrected chi connectivity index (χ3v) is 3.69. The van der Waals surface area contributed by atoms with Gasteiger partial charge in [-0.2, -0.15) is 0 Å². The van der Waals surface area contributed by atoms with Gasteiger partial charge >= 0.3 is 6.98 Å². The Bertz CT molecular complexity index is 252. The Morgan fingerprint density at radius 3 is 2.20 bits per heavy atom. The summed E-state index contributed by atoms with van der Waals surface area (Å²) in [6, 6.07) is 0. The molecule has 1 heterocycles. The number of hydrogen-bond acceptors (Lipinski definition) is 1. The molecule has 1 aliphatic heterocycles. The zero-order valence-corrected chi connectivity index (χ0v) is 8.76. The van der Waals surface area contributed by atoms with Gasteiger partial charge in [0.05, 0.1) is 0 Å². The van der Waals surface area contributed by atoms with Gasteiger partial charge in [-0.15, -0.1) is 12.1 Å². The maximum atomic E-state index is 12.3. The first-order chi connectivity index (χ1) is 6.97. The summed E-state index contributed by atoms with van der Waals surface area (Å²) in [6.45, 7) is 0.0113. The lowest BCUT2D eigenvalue weighted by Crippen LogP contribution is -2.31. The van der Waals surface area contributed by atoms with Gasteiger partial charge < -0.3 is 17.8 Å². The van der Waals surface area contributed by atoms with Crippen LogP contribution in [0.1, 0.15) is 19.3 Å². The standard InChI is InChI=1S/C10H16BF3N/c1-8(11(12,13)14)5-15-6-9-3-2-4-10(9)7-15/h9-10H,1-7H2/q-1. The fraction of sp³-hybridized carbons (Fsp3) is 0.800. The molecule has 86 valence electrons. The van der Waals surface area contributed by atoms with Crippen LogP contribution in [0.25, 0.3) is 0 Å². The van der Waals surface area contributed by atoms with E-state index in [0.29, 0.717) is 11.8 Å². The van der Waals surface area contributed by atoms with Crippen LogP contribution in [0.3, 0.4) is 0 Å². The highest BCUT2D eigenvalue weighted by Crippen LogP contribution is 2.38. The molecule has 15 heavy (non-hydrogen) atoms. The summed E-state index contributed by atoms with van der Waals surface area (Å²) in [5.74, 6) is 1.30. The Morgan fingerprint density at radius 2 is 1.73 bits per heavy atom. The molecule has 0 radical (unpaired) electrons. The van der Waals surface area contributed by atoms with E-state index in [4.69, 9.17) is 0 Å². The molecule has 1 nitrogen and oxygen atoms in total. The summed E-state index contributed by atoms with van der Waals surface area (Å²) in [4.78, 5) is 1.92. The van der Waals surface area contributed by atoms with Crippen LogP contribution in [-0.2, 0) is 0 Å². The number of halogens is 3. The molecule has 0 aromatic heterocycles. The van der Waals surface area contributed by atoms with Crippen LogP contribution in [0.5, 0.6) is 0 Å². The Morgan fingerprint density at radius 1 is 1.20 bits per heavy atom. The minimum atomic E-state index is -4.84. The molecule has 0 aromatic carbocycles. The van der Waals surface area contributed by atoms with Crippen molar-refractivity contribution in [2.75, 3.05) is 19.6 Å². The highest BCUT2D eigenvalue weighted by molar-refractivity contribution is 6.66. The maximum absolute atomic E-state index is 12.3. The van der Waals surface area contributed by atoms with Gasteiger partial charge in [0.15, 0.2) is 0 Å². The minimum Gasteiger partial charge on any atom is -0.445 e. The predicted molar refractivity (Wildman–Crippen MR) is 55.5 cm³/mol. The molecule has 0 spiro atoms. The van der Waals surface area contributed by atoms with Crippen LogP contribution in [0, 0.1) is 11.8 Å². The van der Waals surface area contributed by atoms with Crippen molar-refractivity contribution < 1.29 is 12.9 Å². The normalized spacial score (nSPS) is 31.9. The number of rotatable bonds is 3. The summed E-state index contributed by atoms with van der Waals surface area (Å²) in [5.41, 5.74) is -0.546. The van der Waals surface area contributed by atoms with Crippen LogP contribution < -0.4 is 0 Å². The molecule has 1 saturated heterocycles. The first-order valence-electron chi connectivity index (χ1n) is 5.57. The predicted octanol–water partition coefficient (Wildman–Crippen LogP) is 2.66. The van der Waals surface area contributed by atoms with Crippen molar-refractivity contribution in [3.05, 3.63) is 12.1 Å². The minimum absolute atomic E-state index is 0.0243. The zero-order valence-electron chi connectivity index (χ0n) is 8.76. The van der Waals surface area contributed by atoms with Gasteiger partial charge in [-0.3, -0.25) is 0 Å². The molecule has 0 N–H and O–H groups in total. The topological polar surface area (TPSA) is 3.24 Å². The molecule has 1 saturated carbocycles. The average molecular weight is 218 g/mol. The van der Waals surface area contributed by atoms with E-state index in [1.807, 2.05) is 4.90 Å². The third kappa shape index (κ3) is 2.38. The molecule has 0 amide bonds. The number of hydrogen-bond donors (Lipinski definition) is 0. The molecule has 0 aromatic rings. The van der Waals surface area contributed by atoms with Gasteiger partial charge in [0.25, 0.3) is 0 Å². The Balaban J connectivity index is 1.85. The SMILES string of the molecule is C=C(CN1CC2CCCC2C1)[B-](F)(F)F. The van der Waals surface area contributed by atoms with Crippen molar-refractivity contribution in [2.24, 2.45) is 11.8 Å². The van der Waals surface area contributed by atoms with Crippen LogP contribution in [0.15, 0.2) is 12.1 Å². The van der Waals surface area contributed by atoms with Crippen LogP contribution in [0.2, 0.25) is 0 Å². The molecule has 2 aliphatic rings. The molecular weight excluding hydrogens is 202 g/mol. The molecule has 2 rings (SSSR count). The smallest absolute Gasteiger partial charge is 0.445 e. The first-order valence-corrected chi connectivity index (χ1v) is 5.57. The molecule has 0 bridgehead atoms. The van der Waals surface area contributed by atoms with Gasteiger partial charge in [-0.25, -0.2) is 0 Å². The monoisotopic (exact) mass is 218 g/mol. The largest absolute Gasteiger partial charge is 0.506 e. The quantitative estimate of drug-likeness (QED) is 0.658. The molecule has 1 aliphatic carbocycles. The van der Waals surface area contributed by atoms with E-state index in [-0.39, 0.29) is 6.54 Å². The molecule has 5 heteroatoms. The zero-order chi connectivity index (χ0) is 11.1. The first kappa shape index (κ1) is 11.1. The van der Waals surface area contributed by atoms with E-state index >= 15 is 0 Å². The van der Waals surface area contributed by atoms with Gasteiger partial charge in [0.2, 0.25) is 0 Å². The van der Waals surface area contributed by atoms with Crippen LogP contribution in [0.4, 0.5) is 12.9 Å². The van der Waals surface area contributed by atoms with Crippen LogP contribution in [-0.4, -0.2) is 31.5 Å². The number of likely N-dealkylation sites (tertiary alicyclic amines) is 1. The van der Waals surface area contributed by atoms with E-state index in [9.17, 15) is 12.9 Å². The van der Waals surface area contributed by atoms with E-state index in [0.717, 1.165) is 13.1 Å². The fourth-order valence-electron chi connectivity index (χ4n) is 2.85. The second-order valence-electron chi connectivity index (χ2n) is 4.88. The van der Waals surface area contributed by atoms with Gasteiger partial charge in [0, 0.05) is 13.1 Å². The Hall–Kier alpha value is -0.445. The van der Waals surface area contributed by atoms with Crippen molar-refractivity contribution in [3.63, 3.8) is 0 Å². The Labute approximate surface area is 88.4 Å².